The number of anilines is 1. The first kappa shape index (κ1) is 19.4. The fourth-order valence-corrected chi connectivity index (χ4v) is 5.30. The minimum absolute atomic E-state index is 0.533. The summed E-state index contributed by atoms with van der Waals surface area (Å²) in [6.45, 7) is 10.5. The predicted molar refractivity (Wildman–Crippen MR) is 113 cm³/mol. The van der Waals surface area contributed by atoms with Crippen molar-refractivity contribution >= 4 is 5.82 Å². The maximum Gasteiger partial charge on any atom is 0.148 e. The molecule has 0 spiro atoms. The van der Waals surface area contributed by atoms with E-state index in [-0.39, 0.29) is 0 Å². The summed E-state index contributed by atoms with van der Waals surface area (Å²) in [5.74, 6) is 3.41. The predicted octanol–water partition coefficient (Wildman–Crippen LogP) is 3.74. The van der Waals surface area contributed by atoms with Gasteiger partial charge < -0.3 is 10.2 Å². The highest BCUT2D eigenvalue weighted by atomic mass is 15.3. The summed E-state index contributed by atoms with van der Waals surface area (Å²) in [5, 5.41) is 16.9. The molecule has 1 N–H and O–H groups in total. The molecule has 6 heteroatoms. The number of fused-ring (bicyclic) bond motifs is 1. The Kier molecular flexibility index (Phi) is 5.67. The zero-order valence-corrected chi connectivity index (χ0v) is 17.7. The van der Waals surface area contributed by atoms with Gasteiger partial charge in [0.05, 0.1) is 11.4 Å². The molecule has 28 heavy (non-hydrogen) atoms. The van der Waals surface area contributed by atoms with Crippen molar-refractivity contribution in [2.24, 2.45) is 24.8 Å². The topological polar surface area (TPSA) is 58.9 Å². The second-order valence-electron chi connectivity index (χ2n) is 9.05. The first-order valence-corrected chi connectivity index (χ1v) is 10.8. The number of hydrogen-bond donors (Lipinski definition) is 1. The standard InChI is InChI=1S/C22H34N6/c1-5-6-15(2)11-28-12-17-9-19(10-18(17)13-28)23-22-8-7-21(24-25-22)20-14-27(4)26-16(20)3/h7-8,14-15,17-19H,5-6,9-13H2,1-4H3,(H,23,25)/t15?,17-,18+,19?. The van der Waals surface area contributed by atoms with Crippen molar-refractivity contribution in [3.05, 3.63) is 24.0 Å². The van der Waals surface area contributed by atoms with Gasteiger partial charge in [0.25, 0.3) is 0 Å². The van der Waals surface area contributed by atoms with Gasteiger partial charge in [0.2, 0.25) is 0 Å². The molecule has 0 amide bonds. The van der Waals surface area contributed by atoms with Crippen molar-refractivity contribution in [1.29, 1.82) is 0 Å². The van der Waals surface area contributed by atoms with Gasteiger partial charge >= 0.3 is 0 Å². The van der Waals surface area contributed by atoms with E-state index in [2.05, 4.69) is 45.4 Å². The third kappa shape index (κ3) is 4.22. The number of rotatable bonds is 7. The quantitative estimate of drug-likeness (QED) is 0.790. The number of nitrogens with one attached hydrogen (secondary N) is 1. The van der Waals surface area contributed by atoms with Crippen LogP contribution in [-0.2, 0) is 7.05 Å². The number of aromatic nitrogens is 4. The highest BCUT2D eigenvalue weighted by Crippen LogP contribution is 2.39. The maximum absolute atomic E-state index is 4.43. The highest BCUT2D eigenvalue weighted by Gasteiger charge is 2.40. The van der Waals surface area contributed by atoms with Crippen LogP contribution in [0, 0.1) is 24.7 Å². The third-order valence-corrected chi connectivity index (χ3v) is 6.48. The molecule has 0 radical (unpaired) electrons. The van der Waals surface area contributed by atoms with Crippen LogP contribution >= 0.6 is 0 Å². The van der Waals surface area contributed by atoms with Crippen molar-refractivity contribution in [2.45, 2.75) is 52.5 Å². The number of likely N-dealkylation sites (tertiary alicyclic amines) is 1. The van der Waals surface area contributed by atoms with E-state index in [1.54, 1.807) is 0 Å². The molecule has 3 heterocycles. The van der Waals surface area contributed by atoms with Crippen LogP contribution in [0.2, 0.25) is 0 Å². The van der Waals surface area contributed by atoms with E-state index in [1.807, 2.05) is 30.9 Å². The van der Waals surface area contributed by atoms with Crippen molar-refractivity contribution in [3.63, 3.8) is 0 Å². The Morgan fingerprint density at radius 1 is 1.18 bits per heavy atom. The van der Waals surface area contributed by atoms with Gasteiger partial charge in [-0.2, -0.15) is 5.10 Å². The maximum atomic E-state index is 4.43. The molecule has 1 aliphatic carbocycles. The summed E-state index contributed by atoms with van der Waals surface area (Å²) in [6, 6.07) is 4.64. The molecule has 2 aromatic heterocycles. The van der Waals surface area contributed by atoms with Gasteiger partial charge in [-0.1, -0.05) is 20.3 Å². The van der Waals surface area contributed by atoms with Crippen LogP contribution in [0.1, 0.15) is 45.2 Å². The summed E-state index contributed by atoms with van der Waals surface area (Å²) in [7, 11) is 1.93. The molecule has 4 atom stereocenters. The molecule has 1 saturated carbocycles. The number of hydrogen-bond acceptors (Lipinski definition) is 5. The van der Waals surface area contributed by atoms with E-state index in [0.29, 0.717) is 6.04 Å². The molecule has 6 nitrogen and oxygen atoms in total. The van der Waals surface area contributed by atoms with Crippen LogP contribution in [0.15, 0.2) is 18.3 Å². The van der Waals surface area contributed by atoms with E-state index >= 15 is 0 Å². The van der Waals surface area contributed by atoms with Crippen molar-refractivity contribution in [3.8, 4) is 11.3 Å². The van der Waals surface area contributed by atoms with E-state index < -0.39 is 0 Å². The molecule has 2 unspecified atom stereocenters. The number of nitrogens with zero attached hydrogens (tertiary/aromatic N) is 5. The Hall–Kier alpha value is -1.95. The summed E-state index contributed by atoms with van der Waals surface area (Å²) < 4.78 is 1.82. The molecule has 2 aliphatic rings. The molecule has 1 saturated heterocycles. The average Bonchev–Trinajstić information content (AvgIpc) is 3.28. The lowest BCUT2D eigenvalue weighted by Crippen LogP contribution is -2.29. The molecule has 152 valence electrons. The SMILES string of the molecule is CCCC(C)CN1C[C@H]2CC(Nc3ccc(-c4cn(C)nc4C)nn3)C[C@H]2C1. The van der Waals surface area contributed by atoms with Gasteiger partial charge in [0.15, 0.2) is 0 Å². The second-order valence-corrected chi connectivity index (χ2v) is 9.05. The van der Waals surface area contributed by atoms with E-state index in [0.717, 1.165) is 40.5 Å². The lowest BCUT2D eigenvalue weighted by atomic mass is 10.0. The fraction of sp³-hybridized carbons (Fsp3) is 0.682. The van der Waals surface area contributed by atoms with Crippen LogP contribution in [0.25, 0.3) is 11.3 Å². The minimum Gasteiger partial charge on any atom is -0.366 e. The third-order valence-electron chi connectivity index (χ3n) is 6.48. The van der Waals surface area contributed by atoms with Gasteiger partial charge in [0.1, 0.15) is 5.82 Å². The van der Waals surface area contributed by atoms with Crippen molar-refractivity contribution in [2.75, 3.05) is 25.0 Å². The summed E-state index contributed by atoms with van der Waals surface area (Å²) in [4.78, 5) is 2.71. The Morgan fingerprint density at radius 3 is 2.50 bits per heavy atom. The molecule has 4 rings (SSSR count). The molecular formula is C22H34N6. The molecule has 2 fully saturated rings. The van der Waals surface area contributed by atoms with Crippen LogP contribution in [0.3, 0.4) is 0 Å². The van der Waals surface area contributed by atoms with Gasteiger partial charge in [0, 0.05) is 44.5 Å². The van der Waals surface area contributed by atoms with Gasteiger partial charge in [-0.15, -0.1) is 10.2 Å². The average molecular weight is 383 g/mol. The molecule has 0 bridgehead atoms. The molecular weight excluding hydrogens is 348 g/mol. The van der Waals surface area contributed by atoms with Crippen LogP contribution in [0.4, 0.5) is 5.82 Å². The zero-order chi connectivity index (χ0) is 19.7. The Morgan fingerprint density at radius 2 is 1.93 bits per heavy atom. The van der Waals surface area contributed by atoms with Gasteiger partial charge in [-0.3, -0.25) is 4.68 Å². The Labute approximate surface area is 168 Å². The van der Waals surface area contributed by atoms with E-state index in [4.69, 9.17) is 0 Å². The number of aryl methyl sites for hydroxylation is 2. The fourth-order valence-electron chi connectivity index (χ4n) is 5.30. The normalized spacial score (nSPS) is 25.8. The van der Waals surface area contributed by atoms with Crippen LogP contribution in [0.5, 0.6) is 0 Å². The monoisotopic (exact) mass is 382 g/mol. The minimum atomic E-state index is 0.533. The largest absolute Gasteiger partial charge is 0.366 e. The second kappa shape index (κ2) is 8.19. The van der Waals surface area contributed by atoms with Crippen LogP contribution < -0.4 is 5.32 Å². The van der Waals surface area contributed by atoms with E-state index in [9.17, 15) is 0 Å². The Bertz CT molecular complexity index is 769. The zero-order valence-electron chi connectivity index (χ0n) is 17.7. The van der Waals surface area contributed by atoms with Gasteiger partial charge in [-0.05, 0) is 56.1 Å². The first-order chi connectivity index (χ1) is 13.5. The molecule has 2 aromatic rings. The first-order valence-electron chi connectivity index (χ1n) is 10.8. The summed E-state index contributed by atoms with van der Waals surface area (Å²) in [5.41, 5.74) is 2.92. The lowest BCUT2D eigenvalue weighted by Gasteiger charge is -2.22. The van der Waals surface area contributed by atoms with Crippen molar-refractivity contribution in [1.82, 2.24) is 24.9 Å². The lowest BCUT2D eigenvalue weighted by molar-refractivity contribution is 0.259. The van der Waals surface area contributed by atoms with Crippen LogP contribution in [-0.4, -0.2) is 50.6 Å². The summed E-state index contributed by atoms with van der Waals surface area (Å²) in [6.07, 6.45) is 7.16. The smallest absolute Gasteiger partial charge is 0.148 e. The van der Waals surface area contributed by atoms with Gasteiger partial charge in [-0.25, -0.2) is 0 Å². The highest BCUT2D eigenvalue weighted by molar-refractivity contribution is 5.61. The Balaban J connectivity index is 1.29. The molecule has 0 aromatic carbocycles. The van der Waals surface area contributed by atoms with E-state index in [1.165, 1.54) is 45.3 Å². The van der Waals surface area contributed by atoms with Crippen molar-refractivity contribution < 1.29 is 0 Å². The molecule has 1 aliphatic heterocycles. The summed E-state index contributed by atoms with van der Waals surface area (Å²) >= 11 is 0.